The van der Waals surface area contributed by atoms with Gasteiger partial charge in [-0.15, -0.1) is 0 Å². The van der Waals surface area contributed by atoms with Gasteiger partial charge in [-0.2, -0.15) is 8.78 Å². The number of hydrogen-bond donors (Lipinski definition) is 1. The molecule has 1 aromatic carbocycles. The zero-order valence-corrected chi connectivity index (χ0v) is 10.5. The number of methoxy groups -OCH3 is 1. The molecule has 0 unspecified atom stereocenters. The van der Waals surface area contributed by atoms with E-state index < -0.39 is 11.5 Å². The van der Waals surface area contributed by atoms with Crippen molar-refractivity contribution < 1.29 is 13.5 Å². The summed E-state index contributed by atoms with van der Waals surface area (Å²) in [6, 6.07) is 7.82. The van der Waals surface area contributed by atoms with Gasteiger partial charge < -0.3 is 10.1 Å². The Morgan fingerprint density at radius 3 is 2.24 bits per heavy atom. The second-order valence-corrected chi connectivity index (χ2v) is 4.64. The third-order valence-electron chi connectivity index (χ3n) is 2.65. The van der Waals surface area contributed by atoms with Crippen molar-refractivity contribution in [1.82, 2.24) is 5.32 Å². The fraction of sp³-hybridized carbons (Fsp3) is 0.538. The Morgan fingerprint density at radius 2 is 1.71 bits per heavy atom. The van der Waals surface area contributed by atoms with E-state index in [1.54, 1.807) is 25.3 Å². The lowest BCUT2D eigenvalue weighted by Crippen LogP contribution is -2.41. The summed E-state index contributed by atoms with van der Waals surface area (Å²) in [5, 5.41) is 2.74. The summed E-state index contributed by atoms with van der Waals surface area (Å²) in [5.41, 5.74) is -0.407. The molecule has 0 aliphatic carbocycles. The SMILES string of the molecule is COC(C)(C)CNCC(F)(F)c1ccccc1. The van der Waals surface area contributed by atoms with E-state index in [0.717, 1.165) is 0 Å². The molecule has 0 aliphatic rings. The van der Waals surface area contributed by atoms with Crippen molar-refractivity contribution in [3.8, 4) is 0 Å². The van der Waals surface area contributed by atoms with E-state index in [4.69, 9.17) is 4.74 Å². The highest BCUT2D eigenvalue weighted by molar-refractivity contribution is 5.20. The molecule has 96 valence electrons. The van der Waals surface area contributed by atoms with Gasteiger partial charge in [-0.25, -0.2) is 0 Å². The highest BCUT2D eigenvalue weighted by Crippen LogP contribution is 2.26. The van der Waals surface area contributed by atoms with Crippen molar-refractivity contribution in [2.24, 2.45) is 0 Å². The predicted octanol–water partition coefficient (Wildman–Crippen LogP) is 2.79. The molecule has 0 aliphatic heterocycles. The zero-order valence-electron chi connectivity index (χ0n) is 10.5. The van der Waals surface area contributed by atoms with Crippen molar-refractivity contribution >= 4 is 0 Å². The molecule has 1 N–H and O–H groups in total. The molecule has 0 saturated carbocycles. The normalized spacial score (nSPS) is 12.8. The van der Waals surface area contributed by atoms with Crippen LogP contribution in [0.15, 0.2) is 30.3 Å². The maximum atomic E-state index is 13.7. The summed E-state index contributed by atoms with van der Waals surface area (Å²) in [4.78, 5) is 0. The van der Waals surface area contributed by atoms with Gasteiger partial charge in [-0.1, -0.05) is 30.3 Å². The van der Waals surface area contributed by atoms with E-state index in [1.807, 2.05) is 13.8 Å². The van der Waals surface area contributed by atoms with Crippen LogP contribution in [0, 0.1) is 0 Å². The molecule has 0 aromatic heterocycles. The van der Waals surface area contributed by atoms with E-state index in [0.29, 0.717) is 6.54 Å². The van der Waals surface area contributed by atoms with Crippen molar-refractivity contribution in [1.29, 1.82) is 0 Å². The quantitative estimate of drug-likeness (QED) is 0.829. The lowest BCUT2D eigenvalue weighted by atomic mass is 10.1. The van der Waals surface area contributed by atoms with Crippen LogP contribution in [-0.2, 0) is 10.7 Å². The molecule has 4 heteroatoms. The smallest absolute Gasteiger partial charge is 0.285 e. The van der Waals surface area contributed by atoms with Gasteiger partial charge >= 0.3 is 0 Å². The van der Waals surface area contributed by atoms with E-state index in [2.05, 4.69) is 5.32 Å². The van der Waals surface area contributed by atoms with Crippen molar-refractivity contribution in [2.75, 3.05) is 20.2 Å². The molecule has 1 rings (SSSR count). The second kappa shape index (κ2) is 5.56. The lowest BCUT2D eigenvalue weighted by Gasteiger charge is -2.25. The minimum Gasteiger partial charge on any atom is -0.377 e. The first-order valence-corrected chi connectivity index (χ1v) is 5.57. The number of halogens is 2. The average molecular weight is 243 g/mol. The van der Waals surface area contributed by atoms with Crippen LogP contribution in [0.1, 0.15) is 19.4 Å². The molecule has 2 nitrogen and oxygen atoms in total. The van der Waals surface area contributed by atoms with Gasteiger partial charge in [0.25, 0.3) is 5.92 Å². The Labute approximate surface area is 101 Å². The molecular formula is C13H19F2NO. The first kappa shape index (κ1) is 14.1. The summed E-state index contributed by atoms with van der Waals surface area (Å²) >= 11 is 0. The molecule has 0 saturated heterocycles. The fourth-order valence-electron chi connectivity index (χ4n) is 1.38. The summed E-state index contributed by atoms with van der Waals surface area (Å²) in [5.74, 6) is -2.86. The van der Waals surface area contributed by atoms with Crippen molar-refractivity contribution in [3.63, 3.8) is 0 Å². The highest BCUT2D eigenvalue weighted by atomic mass is 19.3. The number of nitrogens with one attached hydrogen (secondary N) is 1. The van der Waals surface area contributed by atoms with E-state index in [1.165, 1.54) is 12.1 Å². The van der Waals surface area contributed by atoms with Crippen LogP contribution in [0.3, 0.4) is 0 Å². The maximum Gasteiger partial charge on any atom is 0.285 e. The molecule has 0 heterocycles. The molecular weight excluding hydrogens is 224 g/mol. The minimum atomic E-state index is -2.86. The van der Waals surface area contributed by atoms with E-state index >= 15 is 0 Å². The third-order valence-corrected chi connectivity index (χ3v) is 2.65. The largest absolute Gasteiger partial charge is 0.377 e. The van der Waals surface area contributed by atoms with Crippen LogP contribution in [-0.4, -0.2) is 25.8 Å². The highest BCUT2D eigenvalue weighted by Gasteiger charge is 2.31. The number of alkyl halides is 2. The number of hydrogen-bond acceptors (Lipinski definition) is 2. The molecule has 0 atom stereocenters. The van der Waals surface area contributed by atoms with Gasteiger partial charge in [-0.05, 0) is 13.8 Å². The van der Waals surface area contributed by atoms with Crippen LogP contribution in [0.5, 0.6) is 0 Å². The Kier molecular flexibility index (Phi) is 4.60. The van der Waals surface area contributed by atoms with Crippen LogP contribution >= 0.6 is 0 Å². The predicted molar refractivity (Wildman–Crippen MR) is 64.3 cm³/mol. The van der Waals surface area contributed by atoms with Crippen LogP contribution < -0.4 is 5.32 Å². The molecule has 1 aromatic rings. The topological polar surface area (TPSA) is 21.3 Å². The van der Waals surface area contributed by atoms with Gasteiger partial charge in [0.05, 0.1) is 12.1 Å². The maximum absolute atomic E-state index is 13.7. The summed E-state index contributed by atoms with van der Waals surface area (Å²) in [6.07, 6.45) is 0. The van der Waals surface area contributed by atoms with Crippen molar-refractivity contribution in [3.05, 3.63) is 35.9 Å². The molecule has 0 amide bonds. The van der Waals surface area contributed by atoms with Crippen LogP contribution in [0.4, 0.5) is 8.78 Å². The summed E-state index contributed by atoms with van der Waals surface area (Å²) < 4.78 is 32.6. The average Bonchev–Trinajstić information content (AvgIpc) is 2.30. The monoisotopic (exact) mass is 243 g/mol. The van der Waals surface area contributed by atoms with Crippen LogP contribution in [0.2, 0.25) is 0 Å². The van der Waals surface area contributed by atoms with Crippen LogP contribution in [0.25, 0.3) is 0 Å². The first-order chi connectivity index (χ1) is 7.87. The van der Waals surface area contributed by atoms with E-state index in [9.17, 15) is 8.78 Å². The summed E-state index contributed by atoms with van der Waals surface area (Å²) in [6.45, 7) is 3.69. The Hall–Kier alpha value is -1.00. The van der Waals surface area contributed by atoms with Gasteiger partial charge in [0.15, 0.2) is 0 Å². The molecule has 0 spiro atoms. The van der Waals surface area contributed by atoms with Crippen molar-refractivity contribution in [2.45, 2.75) is 25.4 Å². The van der Waals surface area contributed by atoms with E-state index in [-0.39, 0.29) is 12.1 Å². The standard InChI is InChI=1S/C13H19F2NO/c1-12(2,17-3)9-16-10-13(14,15)11-7-5-4-6-8-11/h4-8,16H,9-10H2,1-3H3. The van der Waals surface area contributed by atoms with Gasteiger partial charge in [0.2, 0.25) is 0 Å². The second-order valence-electron chi connectivity index (χ2n) is 4.64. The summed E-state index contributed by atoms with van der Waals surface area (Å²) in [7, 11) is 1.57. The molecule has 0 fully saturated rings. The lowest BCUT2D eigenvalue weighted by molar-refractivity contribution is -0.0172. The Balaban J connectivity index is 2.51. The minimum absolute atomic E-state index is 0.0303. The number of benzene rings is 1. The third kappa shape index (κ3) is 4.40. The number of rotatable bonds is 6. The van der Waals surface area contributed by atoms with Gasteiger partial charge in [-0.3, -0.25) is 0 Å². The zero-order chi connectivity index (χ0) is 12.9. The molecule has 0 radical (unpaired) electrons. The first-order valence-electron chi connectivity index (χ1n) is 5.57. The fourth-order valence-corrected chi connectivity index (χ4v) is 1.38. The van der Waals surface area contributed by atoms with Gasteiger partial charge in [0, 0.05) is 19.2 Å². The number of ether oxygens (including phenoxy) is 1. The molecule has 17 heavy (non-hydrogen) atoms. The van der Waals surface area contributed by atoms with Gasteiger partial charge in [0.1, 0.15) is 0 Å². The Bertz CT molecular complexity index is 339. The Morgan fingerprint density at radius 1 is 1.12 bits per heavy atom. The molecule has 0 bridgehead atoms.